The Labute approximate surface area is 127 Å². The van der Waals surface area contributed by atoms with Crippen molar-refractivity contribution in [2.45, 2.75) is 13.5 Å². The lowest BCUT2D eigenvalue weighted by Gasteiger charge is -2.06. The van der Waals surface area contributed by atoms with E-state index in [1.807, 2.05) is 6.92 Å². The molecule has 1 N–H and O–H groups in total. The number of nitrogens with zero attached hydrogens (tertiary/aromatic N) is 1. The van der Waals surface area contributed by atoms with Crippen molar-refractivity contribution < 1.29 is 13.9 Å². The minimum absolute atomic E-state index is 0.0965. The fraction of sp³-hybridized carbons (Fsp3) is 0.167. The zero-order valence-electron chi connectivity index (χ0n) is 9.94. The van der Waals surface area contributed by atoms with Crippen LogP contribution in [0, 0.1) is 15.6 Å². The summed E-state index contributed by atoms with van der Waals surface area (Å²) < 4.78 is 22.8. The molecule has 2 aromatic rings. The Hall–Kier alpha value is -1.22. The van der Waals surface area contributed by atoms with Crippen LogP contribution in [0.1, 0.15) is 11.3 Å². The van der Waals surface area contributed by atoms with Crippen LogP contribution in [0.2, 0.25) is 0 Å². The summed E-state index contributed by atoms with van der Waals surface area (Å²) in [6.07, 6.45) is -0.550. The van der Waals surface area contributed by atoms with E-state index < -0.39 is 6.09 Å². The average Bonchev–Trinajstić information content (AvgIpc) is 2.70. The van der Waals surface area contributed by atoms with Crippen molar-refractivity contribution >= 4 is 45.9 Å². The highest BCUT2D eigenvalue weighted by atomic mass is 127. The van der Waals surface area contributed by atoms with E-state index in [0.717, 1.165) is 14.1 Å². The quantitative estimate of drug-likeness (QED) is 0.806. The fourth-order valence-electron chi connectivity index (χ4n) is 1.35. The SMILES string of the molecule is Cc1nsc(I)c1NC(=O)OCc1ccc(F)cc1. The molecule has 0 spiro atoms. The third kappa shape index (κ3) is 3.87. The smallest absolute Gasteiger partial charge is 0.412 e. The summed E-state index contributed by atoms with van der Waals surface area (Å²) in [5, 5.41) is 2.65. The number of halogens is 2. The third-order valence-corrected chi connectivity index (χ3v) is 4.19. The van der Waals surface area contributed by atoms with Crippen LogP contribution in [0.25, 0.3) is 0 Å². The third-order valence-electron chi connectivity index (χ3n) is 2.33. The second-order valence-corrected chi connectivity index (χ2v) is 6.33. The minimum Gasteiger partial charge on any atom is -0.444 e. The van der Waals surface area contributed by atoms with Crippen LogP contribution in [0.15, 0.2) is 24.3 Å². The summed E-state index contributed by atoms with van der Waals surface area (Å²) >= 11 is 3.42. The Morgan fingerprint density at radius 3 is 2.74 bits per heavy atom. The predicted octanol–water partition coefficient (Wildman–Crippen LogP) is 3.94. The second-order valence-electron chi connectivity index (χ2n) is 3.74. The number of aromatic nitrogens is 1. The molecule has 0 saturated heterocycles. The van der Waals surface area contributed by atoms with Gasteiger partial charge in [-0.15, -0.1) is 0 Å². The molecule has 100 valence electrons. The molecule has 0 bridgehead atoms. The number of benzene rings is 1. The van der Waals surface area contributed by atoms with Gasteiger partial charge in [-0.2, -0.15) is 4.37 Å². The minimum atomic E-state index is -0.550. The zero-order valence-corrected chi connectivity index (χ0v) is 12.9. The summed E-state index contributed by atoms with van der Waals surface area (Å²) in [5.41, 5.74) is 2.16. The van der Waals surface area contributed by atoms with E-state index in [4.69, 9.17) is 4.74 Å². The van der Waals surface area contributed by atoms with Gasteiger partial charge in [-0.25, -0.2) is 9.18 Å². The summed E-state index contributed by atoms with van der Waals surface area (Å²) in [6, 6.07) is 5.80. The van der Waals surface area contributed by atoms with Gasteiger partial charge in [0.15, 0.2) is 0 Å². The zero-order chi connectivity index (χ0) is 13.8. The van der Waals surface area contributed by atoms with Gasteiger partial charge in [0.05, 0.1) is 11.4 Å². The molecular formula is C12H10FIN2O2S. The molecule has 0 fully saturated rings. The Kier molecular flexibility index (Phi) is 4.70. The number of amides is 1. The van der Waals surface area contributed by atoms with E-state index in [2.05, 4.69) is 32.3 Å². The fourth-order valence-corrected chi connectivity index (χ4v) is 2.77. The lowest BCUT2D eigenvalue weighted by Crippen LogP contribution is -2.14. The van der Waals surface area contributed by atoms with Gasteiger partial charge >= 0.3 is 6.09 Å². The number of nitrogens with one attached hydrogen (secondary N) is 1. The van der Waals surface area contributed by atoms with Gasteiger partial charge in [0.2, 0.25) is 0 Å². The molecule has 0 aliphatic carbocycles. The first kappa shape index (κ1) is 14.2. The van der Waals surface area contributed by atoms with Crippen molar-refractivity contribution in [3.05, 3.63) is 44.2 Å². The van der Waals surface area contributed by atoms with Gasteiger partial charge in [0, 0.05) is 0 Å². The predicted molar refractivity (Wildman–Crippen MR) is 79.8 cm³/mol. The molecule has 1 heterocycles. The highest BCUT2D eigenvalue weighted by molar-refractivity contribution is 14.1. The molecule has 1 aromatic heterocycles. The first-order valence-electron chi connectivity index (χ1n) is 5.36. The molecule has 1 amide bonds. The molecule has 0 radical (unpaired) electrons. The number of hydrogen-bond acceptors (Lipinski definition) is 4. The van der Waals surface area contributed by atoms with Crippen LogP contribution >= 0.6 is 34.1 Å². The molecule has 0 aliphatic rings. The molecule has 1 aromatic carbocycles. The van der Waals surface area contributed by atoms with Crippen molar-refractivity contribution in [1.82, 2.24) is 4.37 Å². The van der Waals surface area contributed by atoms with Crippen molar-refractivity contribution in [2.24, 2.45) is 0 Å². The summed E-state index contributed by atoms with van der Waals surface area (Å²) in [4.78, 5) is 11.6. The van der Waals surface area contributed by atoms with Crippen LogP contribution in [0.4, 0.5) is 14.9 Å². The van der Waals surface area contributed by atoms with Crippen molar-refractivity contribution in [3.63, 3.8) is 0 Å². The van der Waals surface area contributed by atoms with E-state index in [9.17, 15) is 9.18 Å². The Balaban J connectivity index is 1.90. The van der Waals surface area contributed by atoms with Crippen LogP contribution in [-0.4, -0.2) is 10.5 Å². The highest BCUT2D eigenvalue weighted by Gasteiger charge is 2.12. The molecule has 0 aliphatic heterocycles. The molecular weight excluding hydrogens is 382 g/mol. The number of anilines is 1. The molecule has 2 rings (SSSR count). The maximum Gasteiger partial charge on any atom is 0.412 e. The molecule has 7 heteroatoms. The molecule has 0 atom stereocenters. The Bertz CT molecular complexity index is 566. The topological polar surface area (TPSA) is 51.2 Å². The summed E-state index contributed by atoms with van der Waals surface area (Å²) in [7, 11) is 0. The van der Waals surface area contributed by atoms with Crippen LogP contribution in [-0.2, 0) is 11.3 Å². The number of ether oxygens (including phenoxy) is 1. The van der Waals surface area contributed by atoms with E-state index in [1.54, 1.807) is 12.1 Å². The van der Waals surface area contributed by atoms with Crippen LogP contribution in [0.5, 0.6) is 0 Å². The van der Waals surface area contributed by atoms with Gasteiger partial charge in [0.25, 0.3) is 0 Å². The monoisotopic (exact) mass is 392 g/mol. The van der Waals surface area contributed by atoms with E-state index >= 15 is 0 Å². The molecule has 0 saturated carbocycles. The second kappa shape index (κ2) is 6.29. The Morgan fingerprint density at radius 1 is 1.47 bits per heavy atom. The first-order valence-corrected chi connectivity index (χ1v) is 7.21. The number of aryl methyl sites for hydroxylation is 1. The standard InChI is InChI=1S/C12H10FIN2O2S/c1-7-10(11(14)19-16-7)15-12(17)18-6-8-2-4-9(13)5-3-8/h2-5H,6H2,1H3,(H,15,17). The van der Waals surface area contributed by atoms with Crippen LogP contribution in [0.3, 0.4) is 0 Å². The lowest BCUT2D eigenvalue weighted by atomic mass is 10.2. The van der Waals surface area contributed by atoms with Crippen LogP contribution < -0.4 is 5.32 Å². The molecule has 19 heavy (non-hydrogen) atoms. The number of hydrogen-bond donors (Lipinski definition) is 1. The Morgan fingerprint density at radius 2 is 2.16 bits per heavy atom. The molecule has 4 nitrogen and oxygen atoms in total. The maximum absolute atomic E-state index is 12.7. The summed E-state index contributed by atoms with van der Waals surface area (Å²) in [6.45, 7) is 1.91. The number of carbonyl (C=O) groups excluding carboxylic acids is 1. The normalized spacial score (nSPS) is 10.3. The largest absolute Gasteiger partial charge is 0.444 e. The number of carbonyl (C=O) groups is 1. The lowest BCUT2D eigenvalue weighted by molar-refractivity contribution is 0.155. The van der Waals surface area contributed by atoms with Crippen molar-refractivity contribution in [2.75, 3.05) is 5.32 Å². The van der Waals surface area contributed by atoms with Gasteiger partial charge in [-0.3, -0.25) is 5.32 Å². The van der Waals surface area contributed by atoms with Gasteiger partial charge in [-0.1, -0.05) is 12.1 Å². The molecule has 0 unspecified atom stereocenters. The van der Waals surface area contributed by atoms with Gasteiger partial charge < -0.3 is 4.74 Å². The van der Waals surface area contributed by atoms with E-state index in [1.165, 1.54) is 23.7 Å². The van der Waals surface area contributed by atoms with Crippen molar-refractivity contribution in [3.8, 4) is 0 Å². The first-order chi connectivity index (χ1) is 9.06. The van der Waals surface area contributed by atoms with E-state index in [-0.39, 0.29) is 12.4 Å². The average molecular weight is 392 g/mol. The maximum atomic E-state index is 12.7. The highest BCUT2D eigenvalue weighted by Crippen LogP contribution is 2.25. The van der Waals surface area contributed by atoms with Crippen molar-refractivity contribution in [1.29, 1.82) is 0 Å². The van der Waals surface area contributed by atoms with Gasteiger partial charge in [0.1, 0.15) is 15.3 Å². The van der Waals surface area contributed by atoms with E-state index in [0.29, 0.717) is 5.69 Å². The number of rotatable bonds is 3. The van der Waals surface area contributed by atoms with Gasteiger partial charge in [-0.05, 0) is 58.7 Å². The summed E-state index contributed by atoms with van der Waals surface area (Å²) in [5.74, 6) is -0.317.